The molecule has 0 atom stereocenters. The van der Waals surface area contributed by atoms with Gasteiger partial charge in [0.05, 0.1) is 16.3 Å². The van der Waals surface area contributed by atoms with Crippen LogP contribution in [0.4, 0.5) is 15.8 Å². The average molecular weight is 525 g/mol. The SMILES string of the molecule is Cc1ccc(S(=O)(=O)Nc2cc(C(=O)NCc3ccc(F)cc3)ccc2N2CCN(C(C)C)CC2)cc1. The molecule has 0 aromatic heterocycles. The van der Waals surface area contributed by atoms with Crippen molar-refractivity contribution in [3.63, 3.8) is 0 Å². The van der Waals surface area contributed by atoms with Crippen molar-refractivity contribution < 1.29 is 17.6 Å². The van der Waals surface area contributed by atoms with Crippen molar-refractivity contribution in [1.29, 1.82) is 0 Å². The molecule has 2 N–H and O–H groups in total. The minimum absolute atomic E-state index is 0.153. The van der Waals surface area contributed by atoms with Crippen molar-refractivity contribution in [3.05, 3.63) is 89.2 Å². The van der Waals surface area contributed by atoms with E-state index in [1.807, 2.05) is 6.92 Å². The lowest BCUT2D eigenvalue weighted by atomic mass is 10.1. The predicted molar refractivity (Wildman–Crippen MR) is 145 cm³/mol. The molecule has 0 aliphatic carbocycles. The third-order valence-corrected chi connectivity index (χ3v) is 7.97. The summed E-state index contributed by atoms with van der Waals surface area (Å²) in [5.41, 5.74) is 3.13. The number of nitrogens with zero attached hydrogens (tertiary/aromatic N) is 2. The molecule has 9 heteroatoms. The Kier molecular flexibility index (Phi) is 8.14. The van der Waals surface area contributed by atoms with Crippen LogP contribution < -0.4 is 14.9 Å². The number of amides is 1. The second-order valence-corrected chi connectivity index (χ2v) is 11.3. The zero-order valence-corrected chi connectivity index (χ0v) is 22.2. The van der Waals surface area contributed by atoms with E-state index < -0.39 is 10.0 Å². The number of rotatable bonds is 8. The molecule has 0 spiro atoms. The Bertz CT molecular complexity index is 1330. The standard InChI is InChI=1S/C28H33FN4O3S/c1-20(2)32-14-16-33(17-15-32)27-13-8-23(28(34)30-19-22-6-9-24(29)10-7-22)18-26(27)31-37(35,36)25-11-4-21(3)5-12-25/h4-13,18,20,31H,14-17,19H2,1-3H3,(H,30,34). The van der Waals surface area contributed by atoms with Crippen LogP contribution in [0.25, 0.3) is 0 Å². The van der Waals surface area contributed by atoms with Gasteiger partial charge < -0.3 is 10.2 Å². The summed E-state index contributed by atoms with van der Waals surface area (Å²) in [6.07, 6.45) is 0. The van der Waals surface area contributed by atoms with Gasteiger partial charge in [-0.05, 0) is 68.8 Å². The first kappa shape index (κ1) is 26.6. The smallest absolute Gasteiger partial charge is 0.261 e. The van der Waals surface area contributed by atoms with Crippen LogP contribution in [-0.2, 0) is 16.6 Å². The molecule has 1 amide bonds. The molecule has 0 unspecified atom stereocenters. The van der Waals surface area contributed by atoms with E-state index in [0.717, 1.165) is 43.0 Å². The van der Waals surface area contributed by atoms with E-state index in [2.05, 4.69) is 33.7 Å². The number of piperazine rings is 1. The highest BCUT2D eigenvalue weighted by Crippen LogP contribution is 2.31. The Hall–Kier alpha value is -3.43. The molecule has 0 bridgehead atoms. The zero-order chi connectivity index (χ0) is 26.6. The molecule has 3 aromatic carbocycles. The monoisotopic (exact) mass is 524 g/mol. The van der Waals surface area contributed by atoms with Crippen LogP contribution in [0.1, 0.15) is 35.3 Å². The fraction of sp³-hybridized carbons (Fsp3) is 0.321. The first-order valence-corrected chi connectivity index (χ1v) is 13.9. The van der Waals surface area contributed by atoms with Gasteiger partial charge in [0.1, 0.15) is 5.82 Å². The van der Waals surface area contributed by atoms with Crippen LogP contribution in [0.15, 0.2) is 71.6 Å². The van der Waals surface area contributed by atoms with E-state index in [1.165, 1.54) is 12.1 Å². The molecule has 1 fully saturated rings. The number of halogens is 1. The summed E-state index contributed by atoms with van der Waals surface area (Å²) in [6, 6.07) is 18.0. The van der Waals surface area contributed by atoms with Crippen molar-refractivity contribution in [2.45, 2.75) is 38.3 Å². The zero-order valence-electron chi connectivity index (χ0n) is 21.4. The van der Waals surface area contributed by atoms with E-state index in [0.29, 0.717) is 17.3 Å². The van der Waals surface area contributed by atoms with Crippen LogP contribution in [0.3, 0.4) is 0 Å². The van der Waals surface area contributed by atoms with E-state index in [9.17, 15) is 17.6 Å². The molecular weight excluding hydrogens is 491 g/mol. The van der Waals surface area contributed by atoms with Gasteiger partial charge >= 0.3 is 0 Å². The third kappa shape index (κ3) is 6.67. The molecule has 1 saturated heterocycles. The fourth-order valence-corrected chi connectivity index (χ4v) is 5.39. The Morgan fingerprint density at radius 2 is 1.59 bits per heavy atom. The highest BCUT2D eigenvalue weighted by molar-refractivity contribution is 7.92. The number of carbonyl (C=O) groups is 1. The third-order valence-electron chi connectivity index (χ3n) is 6.59. The average Bonchev–Trinajstić information content (AvgIpc) is 2.88. The summed E-state index contributed by atoms with van der Waals surface area (Å²) >= 11 is 0. The first-order chi connectivity index (χ1) is 17.6. The first-order valence-electron chi connectivity index (χ1n) is 12.4. The van der Waals surface area contributed by atoms with Gasteiger partial charge in [0.25, 0.3) is 15.9 Å². The van der Waals surface area contributed by atoms with Crippen molar-refractivity contribution >= 4 is 27.3 Å². The van der Waals surface area contributed by atoms with Crippen LogP contribution in [0.2, 0.25) is 0 Å². The lowest BCUT2D eigenvalue weighted by Gasteiger charge is -2.38. The lowest BCUT2D eigenvalue weighted by molar-refractivity contribution is 0.0951. The number of sulfonamides is 1. The van der Waals surface area contributed by atoms with Crippen molar-refractivity contribution in [2.24, 2.45) is 0 Å². The van der Waals surface area contributed by atoms with Crippen molar-refractivity contribution in [3.8, 4) is 0 Å². The maximum absolute atomic E-state index is 13.2. The number of hydrogen-bond acceptors (Lipinski definition) is 5. The molecule has 3 aromatic rings. The molecule has 1 heterocycles. The molecule has 0 saturated carbocycles. The molecular formula is C28H33FN4O3S. The number of nitrogens with one attached hydrogen (secondary N) is 2. The summed E-state index contributed by atoms with van der Waals surface area (Å²) < 4.78 is 42.4. The Balaban J connectivity index is 1.60. The van der Waals surface area contributed by atoms with Crippen LogP contribution in [0.5, 0.6) is 0 Å². The number of benzene rings is 3. The van der Waals surface area contributed by atoms with E-state index in [4.69, 9.17) is 0 Å². The van der Waals surface area contributed by atoms with E-state index in [1.54, 1.807) is 54.6 Å². The van der Waals surface area contributed by atoms with Crippen LogP contribution in [0, 0.1) is 12.7 Å². The molecule has 7 nitrogen and oxygen atoms in total. The van der Waals surface area contributed by atoms with Crippen molar-refractivity contribution in [1.82, 2.24) is 10.2 Å². The van der Waals surface area contributed by atoms with Gasteiger partial charge in [-0.1, -0.05) is 29.8 Å². The maximum atomic E-state index is 13.2. The van der Waals surface area contributed by atoms with Gasteiger partial charge in [0.15, 0.2) is 0 Å². The number of anilines is 2. The largest absolute Gasteiger partial charge is 0.367 e. The van der Waals surface area contributed by atoms with Gasteiger partial charge in [-0.2, -0.15) is 0 Å². The van der Waals surface area contributed by atoms with Gasteiger partial charge in [-0.15, -0.1) is 0 Å². The molecule has 0 radical (unpaired) electrons. The van der Waals surface area contributed by atoms with Gasteiger partial charge in [0, 0.05) is 44.3 Å². The fourth-order valence-electron chi connectivity index (χ4n) is 4.32. The van der Waals surface area contributed by atoms with Crippen LogP contribution in [-0.4, -0.2) is 51.4 Å². The molecule has 1 aliphatic heterocycles. The minimum Gasteiger partial charge on any atom is -0.367 e. The Labute approximate surface area is 218 Å². The molecule has 37 heavy (non-hydrogen) atoms. The summed E-state index contributed by atoms with van der Waals surface area (Å²) in [4.78, 5) is 17.6. The van der Waals surface area contributed by atoms with Gasteiger partial charge in [-0.3, -0.25) is 14.4 Å². The number of aryl methyl sites for hydroxylation is 1. The van der Waals surface area contributed by atoms with E-state index in [-0.39, 0.29) is 23.2 Å². The molecule has 4 rings (SSSR count). The maximum Gasteiger partial charge on any atom is 0.261 e. The number of carbonyl (C=O) groups excluding carboxylic acids is 1. The number of hydrogen-bond donors (Lipinski definition) is 2. The summed E-state index contributed by atoms with van der Waals surface area (Å²) in [5.74, 6) is -0.693. The highest BCUT2D eigenvalue weighted by Gasteiger charge is 2.24. The Morgan fingerprint density at radius 1 is 0.946 bits per heavy atom. The van der Waals surface area contributed by atoms with Gasteiger partial charge in [-0.25, -0.2) is 12.8 Å². The molecule has 1 aliphatic rings. The second kappa shape index (κ2) is 11.3. The lowest BCUT2D eigenvalue weighted by Crippen LogP contribution is -2.49. The normalized spacial score (nSPS) is 14.6. The topological polar surface area (TPSA) is 81.7 Å². The van der Waals surface area contributed by atoms with Crippen molar-refractivity contribution in [2.75, 3.05) is 35.8 Å². The van der Waals surface area contributed by atoms with Gasteiger partial charge in [0.2, 0.25) is 0 Å². The summed E-state index contributed by atoms with van der Waals surface area (Å²) in [5, 5.41) is 2.82. The quantitative estimate of drug-likeness (QED) is 0.457. The van der Waals surface area contributed by atoms with E-state index >= 15 is 0 Å². The minimum atomic E-state index is -3.87. The molecule has 196 valence electrons. The Morgan fingerprint density at radius 3 is 2.22 bits per heavy atom. The van der Waals surface area contributed by atoms with Crippen LogP contribution >= 0.6 is 0 Å². The summed E-state index contributed by atoms with van der Waals surface area (Å²) in [7, 11) is -3.87. The summed E-state index contributed by atoms with van der Waals surface area (Å²) in [6.45, 7) is 9.66. The highest BCUT2D eigenvalue weighted by atomic mass is 32.2. The second-order valence-electron chi connectivity index (χ2n) is 9.58. The predicted octanol–water partition coefficient (Wildman–Crippen LogP) is 4.40.